The molecule has 0 aliphatic carbocycles. The molecule has 1 aromatic rings. The van der Waals surface area contributed by atoms with Gasteiger partial charge in [0.1, 0.15) is 5.54 Å². The topological polar surface area (TPSA) is 35.8 Å². The monoisotopic (exact) mass is 262 g/mol. The van der Waals surface area contributed by atoms with Crippen molar-refractivity contribution in [3.05, 3.63) is 35.9 Å². The van der Waals surface area contributed by atoms with Crippen molar-refractivity contribution >= 4 is 11.8 Å². The fraction of sp³-hybridized carbons (Fsp3) is 0.533. The Hall–Kier alpha value is -0.980. The molecule has 0 radical (unpaired) electrons. The smallest absolute Gasteiger partial charge is 0.141 e. The van der Waals surface area contributed by atoms with Crippen LogP contribution in [-0.4, -0.2) is 17.5 Å². The molecule has 1 aromatic carbocycles. The third kappa shape index (κ3) is 4.04. The van der Waals surface area contributed by atoms with Gasteiger partial charge in [-0.05, 0) is 31.6 Å². The van der Waals surface area contributed by atoms with Gasteiger partial charge in [-0.15, -0.1) is 0 Å². The summed E-state index contributed by atoms with van der Waals surface area (Å²) in [7, 11) is 0. The molecule has 1 atom stereocenters. The van der Waals surface area contributed by atoms with E-state index in [-0.39, 0.29) is 6.04 Å². The van der Waals surface area contributed by atoms with Crippen molar-refractivity contribution in [1.29, 1.82) is 5.26 Å². The predicted molar refractivity (Wildman–Crippen MR) is 79.6 cm³/mol. The van der Waals surface area contributed by atoms with Crippen LogP contribution in [0.25, 0.3) is 0 Å². The molecule has 0 saturated heterocycles. The molecular weight excluding hydrogens is 240 g/mol. The molecule has 2 nitrogen and oxygen atoms in total. The van der Waals surface area contributed by atoms with Crippen molar-refractivity contribution in [2.45, 2.75) is 38.8 Å². The van der Waals surface area contributed by atoms with Gasteiger partial charge in [0.2, 0.25) is 0 Å². The van der Waals surface area contributed by atoms with E-state index in [1.165, 1.54) is 0 Å². The lowest BCUT2D eigenvalue weighted by Gasteiger charge is -2.30. The molecule has 18 heavy (non-hydrogen) atoms. The van der Waals surface area contributed by atoms with Crippen molar-refractivity contribution < 1.29 is 0 Å². The molecule has 0 saturated carbocycles. The summed E-state index contributed by atoms with van der Waals surface area (Å²) in [6, 6.07) is 12.8. The number of hydrogen-bond acceptors (Lipinski definition) is 3. The minimum absolute atomic E-state index is 0.284. The Kier molecular flexibility index (Phi) is 6.24. The van der Waals surface area contributed by atoms with Gasteiger partial charge in [-0.2, -0.15) is 17.0 Å². The van der Waals surface area contributed by atoms with E-state index in [0.29, 0.717) is 0 Å². The molecule has 98 valence electrons. The van der Waals surface area contributed by atoms with Crippen molar-refractivity contribution in [2.24, 2.45) is 0 Å². The Morgan fingerprint density at radius 2 is 2.00 bits per heavy atom. The van der Waals surface area contributed by atoms with Crippen LogP contribution in [0, 0.1) is 11.3 Å². The molecule has 0 bridgehead atoms. The first-order valence-electron chi connectivity index (χ1n) is 6.47. The maximum Gasteiger partial charge on any atom is 0.141 e. The summed E-state index contributed by atoms with van der Waals surface area (Å²) in [5.74, 6) is 1.88. The largest absolute Gasteiger partial charge is 0.293 e. The zero-order valence-electron chi connectivity index (χ0n) is 11.4. The van der Waals surface area contributed by atoms with E-state index in [4.69, 9.17) is 0 Å². The molecular formula is C15H22N2S. The first-order chi connectivity index (χ1) is 8.64. The third-order valence-electron chi connectivity index (χ3n) is 2.66. The average Bonchev–Trinajstić information content (AvgIpc) is 2.38. The maximum absolute atomic E-state index is 9.65. The number of nitrogens with one attached hydrogen (secondary N) is 1. The molecule has 0 spiro atoms. The zero-order valence-corrected chi connectivity index (χ0v) is 12.3. The van der Waals surface area contributed by atoms with Crippen molar-refractivity contribution in [2.75, 3.05) is 11.5 Å². The lowest BCUT2D eigenvalue weighted by molar-refractivity contribution is 0.425. The minimum atomic E-state index is -0.574. The Bertz CT molecular complexity index is 383. The molecule has 0 fully saturated rings. The van der Waals surface area contributed by atoms with E-state index >= 15 is 0 Å². The van der Waals surface area contributed by atoms with Gasteiger partial charge in [0.25, 0.3) is 0 Å². The van der Waals surface area contributed by atoms with Crippen LogP contribution in [0.3, 0.4) is 0 Å². The molecule has 0 amide bonds. The van der Waals surface area contributed by atoms with Crippen molar-refractivity contribution in [1.82, 2.24) is 5.32 Å². The van der Waals surface area contributed by atoms with Crippen molar-refractivity contribution in [3.63, 3.8) is 0 Å². The second kappa shape index (κ2) is 7.45. The number of nitriles is 1. The molecule has 0 aliphatic heterocycles. The van der Waals surface area contributed by atoms with E-state index in [1.807, 2.05) is 42.1 Å². The summed E-state index contributed by atoms with van der Waals surface area (Å²) < 4.78 is 0. The lowest BCUT2D eigenvalue weighted by atomic mass is 9.92. The van der Waals surface area contributed by atoms with Crippen LogP contribution in [0.5, 0.6) is 0 Å². The van der Waals surface area contributed by atoms with Crippen LogP contribution >= 0.6 is 11.8 Å². The highest BCUT2D eigenvalue weighted by molar-refractivity contribution is 7.99. The van der Waals surface area contributed by atoms with Crippen LogP contribution in [0.4, 0.5) is 0 Å². The van der Waals surface area contributed by atoms with E-state index in [0.717, 1.165) is 23.5 Å². The molecule has 0 aromatic heterocycles. The van der Waals surface area contributed by atoms with E-state index in [2.05, 4.69) is 32.2 Å². The Balaban J connectivity index is 2.95. The summed E-state index contributed by atoms with van der Waals surface area (Å²) in [6.07, 6.45) is 1.14. The number of nitrogens with zero attached hydrogens (tertiary/aromatic N) is 1. The summed E-state index contributed by atoms with van der Waals surface area (Å²) in [4.78, 5) is 0. The first-order valence-corrected chi connectivity index (χ1v) is 7.62. The third-order valence-corrected chi connectivity index (χ3v) is 3.99. The maximum atomic E-state index is 9.65. The summed E-state index contributed by atoms with van der Waals surface area (Å²) in [5.41, 5.74) is 0.486. The van der Waals surface area contributed by atoms with Gasteiger partial charge in [-0.1, -0.05) is 37.3 Å². The normalized spacial score (nSPS) is 14.2. The molecule has 1 rings (SSSR count). The second-order valence-electron chi connectivity index (χ2n) is 4.73. The second-order valence-corrected chi connectivity index (χ2v) is 5.84. The Labute approximate surface area is 115 Å². The van der Waals surface area contributed by atoms with E-state index < -0.39 is 5.54 Å². The minimum Gasteiger partial charge on any atom is -0.293 e. The highest BCUT2D eigenvalue weighted by Crippen LogP contribution is 2.26. The van der Waals surface area contributed by atoms with Gasteiger partial charge >= 0.3 is 0 Å². The van der Waals surface area contributed by atoms with Gasteiger partial charge in [-0.3, -0.25) is 5.32 Å². The number of thioether (sulfide) groups is 1. The molecule has 3 heteroatoms. The van der Waals surface area contributed by atoms with Gasteiger partial charge < -0.3 is 0 Å². The van der Waals surface area contributed by atoms with Gasteiger partial charge in [0, 0.05) is 11.8 Å². The van der Waals surface area contributed by atoms with Crippen molar-refractivity contribution in [3.8, 4) is 6.07 Å². The summed E-state index contributed by atoms with van der Waals surface area (Å²) >= 11 is 1.84. The Morgan fingerprint density at radius 3 is 2.50 bits per heavy atom. The van der Waals surface area contributed by atoms with Crippen LogP contribution in [0.1, 0.15) is 32.8 Å². The highest BCUT2D eigenvalue weighted by Gasteiger charge is 2.32. The zero-order chi connectivity index (χ0) is 13.4. The fourth-order valence-corrected chi connectivity index (χ4v) is 2.98. The SMILES string of the molecule is CCCSCC(C#N)(NC(C)C)c1ccccc1. The lowest BCUT2D eigenvalue weighted by Crippen LogP contribution is -2.47. The van der Waals surface area contributed by atoms with Crippen LogP contribution in [-0.2, 0) is 5.54 Å². The van der Waals surface area contributed by atoms with Gasteiger partial charge in [0.15, 0.2) is 0 Å². The molecule has 0 aliphatic rings. The quantitative estimate of drug-likeness (QED) is 0.763. The molecule has 1 unspecified atom stereocenters. The number of rotatable bonds is 7. The fourth-order valence-electron chi connectivity index (χ4n) is 1.92. The molecule has 0 heterocycles. The first kappa shape index (κ1) is 15.1. The summed E-state index contributed by atoms with van der Waals surface area (Å²) in [5, 5.41) is 13.1. The molecule has 1 N–H and O–H groups in total. The van der Waals surface area contributed by atoms with E-state index in [1.54, 1.807) is 0 Å². The number of hydrogen-bond donors (Lipinski definition) is 1. The van der Waals surface area contributed by atoms with Crippen LogP contribution < -0.4 is 5.32 Å². The highest BCUT2D eigenvalue weighted by atomic mass is 32.2. The van der Waals surface area contributed by atoms with Gasteiger partial charge in [-0.25, -0.2) is 0 Å². The summed E-state index contributed by atoms with van der Waals surface area (Å²) in [6.45, 7) is 6.33. The van der Waals surface area contributed by atoms with Crippen LogP contribution in [0.15, 0.2) is 30.3 Å². The van der Waals surface area contributed by atoms with E-state index in [9.17, 15) is 5.26 Å². The number of benzene rings is 1. The predicted octanol–water partition coefficient (Wildman–Crippen LogP) is 3.55. The standard InChI is InChI=1S/C15H22N2S/c1-4-10-18-12-15(11-16,17-13(2)3)14-8-6-5-7-9-14/h5-9,13,17H,4,10,12H2,1-3H3. The Morgan fingerprint density at radius 1 is 1.33 bits per heavy atom. The average molecular weight is 262 g/mol. The van der Waals surface area contributed by atoms with Gasteiger partial charge in [0.05, 0.1) is 6.07 Å². The van der Waals surface area contributed by atoms with Crippen LogP contribution in [0.2, 0.25) is 0 Å².